The summed E-state index contributed by atoms with van der Waals surface area (Å²) in [5.41, 5.74) is 1.26. The molecule has 2 aromatic heterocycles. The van der Waals surface area contributed by atoms with Crippen molar-refractivity contribution in [1.82, 2.24) is 10.3 Å². The van der Waals surface area contributed by atoms with E-state index in [1.807, 2.05) is 13.8 Å². The number of aryl methyl sites for hydroxylation is 3. The van der Waals surface area contributed by atoms with Crippen LogP contribution in [0.2, 0.25) is 0 Å². The molecule has 0 fully saturated rings. The van der Waals surface area contributed by atoms with Crippen molar-refractivity contribution in [3.05, 3.63) is 38.7 Å². The number of nitrogens with one attached hydrogen (secondary N) is 1. The van der Waals surface area contributed by atoms with Gasteiger partial charge in [0.05, 0.1) is 17.2 Å². The number of nitrogens with zero attached hydrogens (tertiary/aromatic N) is 1. The van der Waals surface area contributed by atoms with Crippen molar-refractivity contribution < 1.29 is 14.3 Å². The van der Waals surface area contributed by atoms with E-state index in [9.17, 15) is 4.79 Å². The molecule has 0 saturated heterocycles. The first-order valence-corrected chi connectivity index (χ1v) is 7.20. The molecule has 0 aliphatic rings. The Balaban J connectivity index is 2.03. The van der Waals surface area contributed by atoms with Crippen molar-refractivity contribution in [2.24, 2.45) is 0 Å². The number of hydrogen-bond acceptors (Lipinski definition) is 5. The summed E-state index contributed by atoms with van der Waals surface area (Å²) in [6, 6.07) is 1.72. The third-order valence-corrected chi connectivity index (χ3v) is 4.37. The van der Waals surface area contributed by atoms with Gasteiger partial charge in [-0.3, -0.25) is 0 Å². The summed E-state index contributed by atoms with van der Waals surface area (Å²) in [5, 5.41) is 13.4. The Kier molecular flexibility index (Phi) is 4.25. The van der Waals surface area contributed by atoms with Crippen molar-refractivity contribution in [1.29, 1.82) is 0 Å². The van der Waals surface area contributed by atoms with E-state index in [1.54, 1.807) is 24.3 Å². The fourth-order valence-corrected chi connectivity index (χ4v) is 3.09. The Morgan fingerprint density at radius 1 is 1.50 bits per heavy atom. The molecule has 1 unspecified atom stereocenters. The predicted octanol–water partition coefficient (Wildman–Crippen LogP) is 3.21. The maximum absolute atomic E-state index is 11.0. The molecule has 20 heavy (non-hydrogen) atoms. The van der Waals surface area contributed by atoms with E-state index in [1.165, 1.54) is 4.88 Å². The zero-order chi connectivity index (χ0) is 14.9. The predicted molar refractivity (Wildman–Crippen MR) is 77.2 cm³/mol. The lowest BCUT2D eigenvalue weighted by atomic mass is 10.2. The lowest BCUT2D eigenvalue weighted by molar-refractivity contribution is 0.0695. The highest BCUT2D eigenvalue weighted by Gasteiger charge is 2.16. The Labute approximate surface area is 121 Å². The van der Waals surface area contributed by atoms with E-state index in [0.717, 1.165) is 10.7 Å². The molecule has 6 heteroatoms. The molecular formula is C14H18N2O3S. The van der Waals surface area contributed by atoms with E-state index >= 15 is 0 Å². The van der Waals surface area contributed by atoms with Gasteiger partial charge in [0.25, 0.3) is 0 Å². The van der Waals surface area contributed by atoms with Crippen LogP contribution in [0.5, 0.6) is 0 Å². The van der Waals surface area contributed by atoms with Crippen molar-refractivity contribution in [2.45, 2.75) is 40.3 Å². The number of hydrogen-bond donors (Lipinski definition) is 2. The van der Waals surface area contributed by atoms with Gasteiger partial charge in [0, 0.05) is 10.9 Å². The van der Waals surface area contributed by atoms with E-state index in [4.69, 9.17) is 9.52 Å². The number of furan rings is 1. The van der Waals surface area contributed by atoms with E-state index in [-0.39, 0.29) is 11.6 Å². The average Bonchev–Trinajstić information content (AvgIpc) is 2.89. The Morgan fingerprint density at radius 3 is 2.70 bits per heavy atom. The van der Waals surface area contributed by atoms with Gasteiger partial charge in [-0.25, -0.2) is 9.78 Å². The molecule has 2 aromatic rings. The van der Waals surface area contributed by atoms with Crippen molar-refractivity contribution >= 4 is 17.3 Å². The molecule has 0 aliphatic carbocycles. The maximum Gasteiger partial charge on any atom is 0.339 e. The van der Waals surface area contributed by atoms with Crippen molar-refractivity contribution in [2.75, 3.05) is 0 Å². The normalized spacial score (nSPS) is 12.6. The van der Waals surface area contributed by atoms with Gasteiger partial charge < -0.3 is 14.8 Å². The molecule has 2 N–H and O–H groups in total. The van der Waals surface area contributed by atoms with Crippen LogP contribution in [0.15, 0.2) is 10.5 Å². The zero-order valence-corrected chi connectivity index (χ0v) is 12.8. The monoisotopic (exact) mass is 294 g/mol. The summed E-state index contributed by atoms with van der Waals surface area (Å²) in [7, 11) is 0. The average molecular weight is 294 g/mol. The standard InChI is InChI=1S/C14H18N2O3S/c1-7(13-8(2)16-10(4)20-13)15-6-11-5-12(14(17)18)9(3)19-11/h5,7,15H,6H2,1-4H3,(H,17,18). The highest BCUT2D eigenvalue weighted by Crippen LogP contribution is 2.25. The third-order valence-electron chi connectivity index (χ3n) is 3.11. The van der Waals surface area contributed by atoms with Gasteiger partial charge in [-0.15, -0.1) is 11.3 Å². The van der Waals surface area contributed by atoms with Gasteiger partial charge in [-0.1, -0.05) is 0 Å². The van der Waals surface area contributed by atoms with Gasteiger partial charge >= 0.3 is 5.97 Å². The summed E-state index contributed by atoms with van der Waals surface area (Å²) in [6.45, 7) is 8.20. The van der Waals surface area contributed by atoms with Crippen LogP contribution in [-0.4, -0.2) is 16.1 Å². The minimum atomic E-state index is -0.959. The van der Waals surface area contributed by atoms with Crippen LogP contribution >= 0.6 is 11.3 Å². The van der Waals surface area contributed by atoms with Gasteiger partial charge in [0.1, 0.15) is 17.1 Å². The number of thiazole rings is 1. The van der Waals surface area contributed by atoms with Crippen molar-refractivity contribution in [3.8, 4) is 0 Å². The number of aromatic nitrogens is 1. The fraction of sp³-hybridized carbons (Fsp3) is 0.429. The van der Waals surface area contributed by atoms with Crippen LogP contribution in [0.3, 0.4) is 0 Å². The summed E-state index contributed by atoms with van der Waals surface area (Å²) in [5.74, 6) is 0.108. The summed E-state index contributed by atoms with van der Waals surface area (Å²) >= 11 is 1.67. The minimum absolute atomic E-state index is 0.153. The largest absolute Gasteiger partial charge is 0.478 e. The van der Waals surface area contributed by atoms with Gasteiger partial charge in [0.2, 0.25) is 0 Å². The summed E-state index contributed by atoms with van der Waals surface area (Å²) in [4.78, 5) is 16.6. The lowest BCUT2D eigenvalue weighted by Crippen LogP contribution is -2.17. The molecule has 2 rings (SSSR count). The molecular weight excluding hydrogens is 276 g/mol. The SMILES string of the molecule is Cc1nc(C)c(C(C)NCc2cc(C(=O)O)c(C)o2)s1. The molecule has 0 aromatic carbocycles. The molecule has 108 valence electrons. The Bertz CT molecular complexity index is 630. The fourth-order valence-electron chi connectivity index (χ4n) is 2.14. The number of carboxylic acids is 1. The van der Waals surface area contributed by atoms with Crippen LogP contribution in [-0.2, 0) is 6.54 Å². The first kappa shape index (κ1) is 14.7. The van der Waals surface area contributed by atoms with Gasteiger partial charge in [0.15, 0.2) is 0 Å². The molecule has 5 nitrogen and oxygen atoms in total. The first-order valence-electron chi connectivity index (χ1n) is 6.38. The van der Waals surface area contributed by atoms with Crippen LogP contribution in [0.25, 0.3) is 0 Å². The number of rotatable bonds is 5. The van der Waals surface area contributed by atoms with Gasteiger partial charge in [-0.05, 0) is 33.8 Å². The molecule has 0 radical (unpaired) electrons. The minimum Gasteiger partial charge on any atom is -0.478 e. The molecule has 0 bridgehead atoms. The first-order chi connectivity index (χ1) is 9.38. The molecule has 1 atom stereocenters. The molecule has 0 aliphatic heterocycles. The highest BCUT2D eigenvalue weighted by molar-refractivity contribution is 7.11. The van der Waals surface area contributed by atoms with E-state index in [0.29, 0.717) is 18.1 Å². The van der Waals surface area contributed by atoms with Gasteiger partial charge in [-0.2, -0.15) is 0 Å². The number of carboxylic acid groups (broad SMARTS) is 1. The molecule has 0 amide bonds. The van der Waals surface area contributed by atoms with Crippen LogP contribution in [0.4, 0.5) is 0 Å². The highest BCUT2D eigenvalue weighted by atomic mass is 32.1. The Morgan fingerprint density at radius 2 is 2.20 bits per heavy atom. The Hall–Kier alpha value is -1.66. The van der Waals surface area contributed by atoms with Crippen LogP contribution < -0.4 is 5.32 Å². The molecule has 0 spiro atoms. The maximum atomic E-state index is 11.0. The van der Waals surface area contributed by atoms with Crippen molar-refractivity contribution in [3.63, 3.8) is 0 Å². The van der Waals surface area contributed by atoms with Crippen LogP contribution in [0.1, 0.15) is 50.4 Å². The lowest BCUT2D eigenvalue weighted by Gasteiger charge is -2.11. The smallest absolute Gasteiger partial charge is 0.339 e. The molecule has 0 saturated carbocycles. The summed E-state index contributed by atoms with van der Waals surface area (Å²) in [6.07, 6.45) is 0. The zero-order valence-electron chi connectivity index (χ0n) is 12.0. The second kappa shape index (κ2) is 5.76. The second-order valence-corrected chi connectivity index (χ2v) is 6.01. The quantitative estimate of drug-likeness (QED) is 0.885. The second-order valence-electron chi connectivity index (χ2n) is 4.77. The van der Waals surface area contributed by atoms with Crippen LogP contribution in [0, 0.1) is 20.8 Å². The topological polar surface area (TPSA) is 75.4 Å². The van der Waals surface area contributed by atoms with E-state index < -0.39 is 5.97 Å². The third kappa shape index (κ3) is 3.08. The summed E-state index contributed by atoms with van der Waals surface area (Å²) < 4.78 is 5.44. The van der Waals surface area contributed by atoms with E-state index in [2.05, 4.69) is 17.2 Å². The molecule has 2 heterocycles. The number of aromatic carboxylic acids is 1. The number of carbonyl (C=O) groups is 1.